The van der Waals surface area contributed by atoms with Crippen LogP contribution in [0, 0.1) is 17.8 Å². The summed E-state index contributed by atoms with van der Waals surface area (Å²) in [6, 6.07) is 0.656. The molecule has 0 aromatic heterocycles. The third-order valence-corrected chi connectivity index (χ3v) is 5.48. The van der Waals surface area contributed by atoms with E-state index in [1.54, 1.807) is 0 Å². The minimum absolute atomic E-state index is 0.656. The number of hydrogen-bond donors (Lipinski definition) is 1. The van der Waals surface area contributed by atoms with Crippen molar-refractivity contribution in [3.8, 4) is 0 Å². The first kappa shape index (κ1) is 14.3. The number of nitrogens with zero attached hydrogens (tertiary/aromatic N) is 1. The fourth-order valence-electron chi connectivity index (χ4n) is 3.83. The molecule has 2 fully saturated rings. The third kappa shape index (κ3) is 3.71. The SMILES string of the molecule is CC1CCN(C(CN)CC2CCCCC2)CC1C. The molecule has 0 spiro atoms. The van der Waals surface area contributed by atoms with Gasteiger partial charge in [-0.05, 0) is 37.1 Å². The molecule has 0 bridgehead atoms. The topological polar surface area (TPSA) is 29.3 Å². The van der Waals surface area contributed by atoms with Gasteiger partial charge < -0.3 is 5.73 Å². The number of hydrogen-bond acceptors (Lipinski definition) is 2. The molecular weight excluding hydrogens is 220 g/mol. The fraction of sp³-hybridized carbons (Fsp3) is 1.00. The van der Waals surface area contributed by atoms with Gasteiger partial charge in [0.15, 0.2) is 0 Å². The number of rotatable bonds is 4. The summed E-state index contributed by atoms with van der Waals surface area (Å²) >= 11 is 0. The Labute approximate surface area is 113 Å². The summed E-state index contributed by atoms with van der Waals surface area (Å²) in [6.45, 7) is 8.22. The standard InChI is InChI=1S/C16H32N2/c1-13-8-9-18(12-14(13)2)16(11-17)10-15-6-4-3-5-7-15/h13-16H,3-12,17H2,1-2H3. The van der Waals surface area contributed by atoms with Crippen LogP contribution >= 0.6 is 0 Å². The Morgan fingerprint density at radius 3 is 2.39 bits per heavy atom. The van der Waals surface area contributed by atoms with Gasteiger partial charge in [0.25, 0.3) is 0 Å². The van der Waals surface area contributed by atoms with Crippen LogP contribution in [0.25, 0.3) is 0 Å². The first-order valence-electron chi connectivity index (χ1n) is 8.14. The second kappa shape index (κ2) is 6.91. The van der Waals surface area contributed by atoms with Crippen LogP contribution in [0.15, 0.2) is 0 Å². The molecule has 1 aliphatic heterocycles. The van der Waals surface area contributed by atoms with Gasteiger partial charge in [0.05, 0.1) is 0 Å². The second-order valence-electron chi connectivity index (χ2n) is 6.87. The van der Waals surface area contributed by atoms with Gasteiger partial charge in [0.1, 0.15) is 0 Å². The molecule has 1 heterocycles. The molecule has 2 nitrogen and oxygen atoms in total. The van der Waals surface area contributed by atoms with Crippen LogP contribution in [-0.4, -0.2) is 30.6 Å². The van der Waals surface area contributed by atoms with Crippen LogP contribution < -0.4 is 5.73 Å². The summed E-state index contributed by atoms with van der Waals surface area (Å²) in [4.78, 5) is 2.69. The van der Waals surface area contributed by atoms with Gasteiger partial charge in [0.2, 0.25) is 0 Å². The van der Waals surface area contributed by atoms with E-state index in [9.17, 15) is 0 Å². The molecule has 0 aromatic carbocycles. The average molecular weight is 252 g/mol. The quantitative estimate of drug-likeness (QED) is 0.832. The van der Waals surface area contributed by atoms with Crippen LogP contribution in [0.3, 0.4) is 0 Å². The Balaban J connectivity index is 1.83. The first-order chi connectivity index (χ1) is 8.70. The van der Waals surface area contributed by atoms with E-state index in [-0.39, 0.29) is 0 Å². The van der Waals surface area contributed by atoms with Crippen molar-refractivity contribution >= 4 is 0 Å². The van der Waals surface area contributed by atoms with Crippen LogP contribution in [0.1, 0.15) is 58.8 Å². The van der Waals surface area contributed by atoms with Gasteiger partial charge in [-0.3, -0.25) is 4.90 Å². The Morgan fingerprint density at radius 2 is 1.78 bits per heavy atom. The summed E-state index contributed by atoms with van der Waals surface area (Å²) in [7, 11) is 0. The molecule has 1 saturated heterocycles. The molecule has 2 N–H and O–H groups in total. The molecule has 1 aliphatic carbocycles. The fourth-order valence-corrected chi connectivity index (χ4v) is 3.83. The van der Waals surface area contributed by atoms with Crippen molar-refractivity contribution in [2.24, 2.45) is 23.5 Å². The summed E-state index contributed by atoms with van der Waals surface area (Å²) in [5, 5.41) is 0. The Kier molecular flexibility index (Phi) is 5.50. The smallest absolute Gasteiger partial charge is 0.0221 e. The lowest BCUT2D eigenvalue weighted by Gasteiger charge is -2.41. The van der Waals surface area contributed by atoms with E-state index in [1.165, 1.54) is 58.0 Å². The summed E-state index contributed by atoms with van der Waals surface area (Å²) in [5.74, 6) is 2.70. The average Bonchev–Trinajstić information content (AvgIpc) is 2.40. The molecule has 0 amide bonds. The second-order valence-corrected chi connectivity index (χ2v) is 6.87. The first-order valence-corrected chi connectivity index (χ1v) is 8.14. The maximum atomic E-state index is 6.06. The Hall–Kier alpha value is -0.0800. The minimum atomic E-state index is 0.656. The van der Waals surface area contributed by atoms with Gasteiger partial charge in [-0.25, -0.2) is 0 Å². The van der Waals surface area contributed by atoms with Gasteiger partial charge in [-0.15, -0.1) is 0 Å². The van der Waals surface area contributed by atoms with E-state index in [0.29, 0.717) is 6.04 Å². The highest BCUT2D eigenvalue weighted by Gasteiger charge is 2.28. The van der Waals surface area contributed by atoms with Crippen LogP contribution in [0.4, 0.5) is 0 Å². The summed E-state index contributed by atoms with van der Waals surface area (Å²) in [5.41, 5.74) is 6.06. The van der Waals surface area contributed by atoms with Gasteiger partial charge in [-0.1, -0.05) is 46.0 Å². The monoisotopic (exact) mass is 252 g/mol. The minimum Gasteiger partial charge on any atom is -0.329 e. The van der Waals surface area contributed by atoms with E-state index in [2.05, 4.69) is 18.7 Å². The van der Waals surface area contributed by atoms with Crippen LogP contribution in [0.2, 0.25) is 0 Å². The zero-order valence-corrected chi connectivity index (χ0v) is 12.4. The Morgan fingerprint density at radius 1 is 1.06 bits per heavy atom. The molecule has 0 radical (unpaired) electrons. The molecule has 2 rings (SSSR count). The molecule has 2 heteroatoms. The lowest BCUT2D eigenvalue weighted by molar-refractivity contribution is 0.0820. The van der Waals surface area contributed by atoms with Crippen molar-refractivity contribution in [3.05, 3.63) is 0 Å². The maximum absolute atomic E-state index is 6.06. The molecule has 1 saturated carbocycles. The maximum Gasteiger partial charge on any atom is 0.0221 e. The largest absolute Gasteiger partial charge is 0.329 e. The molecule has 106 valence electrons. The Bertz CT molecular complexity index is 235. The van der Waals surface area contributed by atoms with Crippen molar-refractivity contribution in [2.75, 3.05) is 19.6 Å². The zero-order valence-electron chi connectivity index (χ0n) is 12.4. The zero-order chi connectivity index (χ0) is 13.0. The molecule has 18 heavy (non-hydrogen) atoms. The number of nitrogens with two attached hydrogens (primary N) is 1. The molecule has 2 aliphatic rings. The van der Waals surface area contributed by atoms with Crippen molar-refractivity contribution < 1.29 is 0 Å². The van der Waals surface area contributed by atoms with Crippen molar-refractivity contribution in [1.29, 1.82) is 0 Å². The lowest BCUT2D eigenvalue weighted by Crippen LogP contribution is -2.48. The van der Waals surface area contributed by atoms with E-state index in [4.69, 9.17) is 5.73 Å². The van der Waals surface area contributed by atoms with E-state index < -0.39 is 0 Å². The van der Waals surface area contributed by atoms with Crippen LogP contribution in [0.5, 0.6) is 0 Å². The highest BCUT2D eigenvalue weighted by Crippen LogP contribution is 2.30. The lowest BCUT2D eigenvalue weighted by atomic mass is 9.83. The summed E-state index contributed by atoms with van der Waals surface area (Å²) < 4.78 is 0. The van der Waals surface area contributed by atoms with Crippen molar-refractivity contribution in [2.45, 2.75) is 64.8 Å². The van der Waals surface area contributed by atoms with Gasteiger partial charge >= 0.3 is 0 Å². The van der Waals surface area contributed by atoms with E-state index >= 15 is 0 Å². The van der Waals surface area contributed by atoms with E-state index in [1.807, 2.05) is 0 Å². The highest BCUT2D eigenvalue weighted by molar-refractivity contribution is 4.83. The van der Waals surface area contributed by atoms with Gasteiger partial charge in [-0.2, -0.15) is 0 Å². The highest BCUT2D eigenvalue weighted by atomic mass is 15.2. The predicted octanol–water partition coefficient (Wildman–Crippen LogP) is 3.26. The van der Waals surface area contributed by atoms with Gasteiger partial charge in [0, 0.05) is 19.1 Å². The molecular formula is C16H32N2. The third-order valence-electron chi connectivity index (χ3n) is 5.48. The summed E-state index contributed by atoms with van der Waals surface area (Å²) in [6.07, 6.45) is 10.00. The van der Waals surface area contributed by atoms with Crippen molar-refractivity contribution in [3.63, 3.8) is 0 Å². The van der Waals surface area contributed by atoms with E-state index in [0.717, 1.165) is 24.3 Å². The predicted molar refractivity (Wildman–Crippen MR) is 78.6 cm³/mol. The van der Waals surface area contributed by atoms with Crippen LogP contribution in [-0.2, 0) is 0 Å². The normalized spacial score (nSPS) is 33.5. The molecule has 0 aromatic rings. The molecule has 3 unspecified atom stereocenters. The molecule has 3 atom stereocenters. The number of likely N-dealkylation sites (tertiary alicyclic amines) is 1. The van der Waals surface area contributed by atoms with Crippen molar-refractivity contribution in [1.82, 2.24) is 4.90 Å². The number of piperidine rings is 1.